The van der Waals surface area contributed by atoms with Crippen molar-refractivity contribution in [2.24, 2.45) is 0 Å². The van der Waals surface area contributed by atoms with Crippen LogP contribution in [0, 0.1) is 6.92 Å². The maximum Gasteiger partial charge on any atom is 0.158 e. The van der Waals surface area contributed by atoms with Gasteiger partial charge in [0.1, 0.15) is 25.4 Å². The second kappa shape index (κ2) is 8.20. The summed E-state index contributed by atoms with van der Waals surface area (Å²) in [6.07, 6.45) is 0. The van der Waals surface area contributed by atoms with E-state index in [1.165, 1.54) is 0 Å². The van der Waals surface area contributed by atoms with Crippen molar-refractivity contribution in [2.45, 2.75) is 13.5 Å². The Labute approximate surface area is 130 Å². The van der Waals surface area contributed by atoms with E-state index in [-0.39, 0.29) is 6.61 Å². The van der Waals surface area contributed by atoms with Crippen LogP contribution in [0.15, 0.2) is 34.7 Å². The number of halogens is 1. The van der Waals surface area contributed by atoms with Crippen molar-refractivity contribution < 1.29 is 20.2 Å². The molecule has 0 radical (unpaired) electrons. The number of hydrogen-bond donors (Lipinski definition) is 3. The normalized spacial score (nSPS) is 11.0. The summed E-state index contributed by atoms with van der Waals surface area (Å²) >= 11 is 6.15. The second-order valence-corrected chi connectivity index (χ2v) is 5.46. The molecule has 0 saturated heterocycles. The van der Waals surface area contributed by atoms with Crippen LogP contribution in [0.25, 0.3) is 11.3 Å². The number of quaternary nitrogens is 2. The highest BCUT2D eigenvalue weighted by Crippen LogP contribution is 2.29. The van der Waals surface area contributed by atoms with E-state index in [4.69, 9.17) is 21.1 Å². The zero-order chi connectivity index (χ0) is 15.1. The molecule has 1 aromatic carbocycles. The summed E-state index contributed by atoms with van der Waals surface area (Å²) in [5.41, 5.74) is 2.09. The van der Waals surface area contributed by atoms with Gasteiger partial charge in [-0.3, -0.25) is 0 Å². The highest BCUT2D eigenvalue weighted by molar-refractivity contribution is 6.31. The molecule has 4 nitrogen and oxygen atoms in total. The van der Waals surface area contributed by atoms with E-state index < -0.39 is 0 Å². The monoisotopic (exact) mass is 310 g/mol. The molecule has 0 aliphatic carbocycles. The van der Waals surface area contributed by atoms with Crippen molar-refractivity contribution in [2.75, 3.05) is 26.2 Å². The molecular formula is C16H23ClN2O2+2. The van der Waals surface area contributed by atoms with Gasteiger partial charge in [0.2, 0.25) is 0 Å². The van der Waals surface area contributed by atoms with Crippen LogP contribution in [0.3, 0.4) is 0 Å². The van der Waals surface area contributed by atoms with E-state index in [1.54, 1.807) is 0 Å². The molecule has 5 N–H and O–H groups in total. The largest absolute Gasteiger partial charge is 0.455 e. The SMILES string of the molecule is Cc1c(Cl)cccc1-c1ccc(C[NH2+]CC[NH2+]CCO)o1. The summed E-state index contributed by atoms with van der Waals surface area (Å²) in [5.74, 6) is 1.83. The van der Waals surface area contributed by atoms with Crippen LogP contribution in [0.1, 0.15) is 11.3 Å². The Balaban J connectivity index is 1.88. The minimum atomic E-state index is 0.237. The standard InChI is InChI=1S/C16H21ClN2O2/c1-12-14(3-2-4-15(12)17)16-6-5-13(21-16)11-19-8-7-18-9-10-20/h2-6,18-20H,7-11H2,1H3/p+2. The van der Waals surface area contributed by atoms with Crippen LogP contribution in [0.4, 0.5) is 0 Å². The molecule has 114 valence electrons. The first-order valence-corrected chi connectivity index (χ1v) is 7.68. The molecule has 1 aromatic heterocycles. The zero-order valence-corrected chi connectivity index (χ0v) is 13.1. The average Bonchev–Trinajstić information content (AvgIpc) is 2.94. The summed E-state index contributed by atoms with van der Waals surface area (Å²) < 4.78 is 5.89. The van der Waals surface area contributed by atoms with Crippen LogP contribution in [-0.4, -0.2) is 31.3 Å². The first-order chi connectivity index (χ1) is 10.2. The molecule has 2 rings (SSSR count). The van der Waals surface area contributed by atoms with Gasteiger partial charge >= 0.3 is 0 Å². The second-order valence-electron chi connectivity index (χ2n) is 5.05. The quantitative estimate of drug-likeness (QED) is 0.623. The third-order valence-electron chi connectivity index (χ3n) is 3.45. The van der Waals surface area contributed by atoms with Gasteiger partial charge in [-0.25, -0.2) is 0 Å². The molecule has 21 heavy (non-hydrogen) atoms. The minimum Gasteiger partial charge on any atom is -0.455 e. The van der Waals surface area contributed by atoms with Crippen molar-refractivity contribution in [3.63, 3.8) is 0 Å². The van der Waals surface area contributed by atoms with Crippen LogP contribution >= 0.6 is 11.6 Å². The predicted molar refractivity (Wildman–Crippen MR) is 83.1 cm³/mol. The van der Waals surface area contributed by atoms with Crippen LogP contribution in [-0.2, 0) is 6.54 Å². The predicted octanol–water partition coefficient (Wildman–Crippen LogP) is 0.528. The molecular weight excluding hydrogens is 288 g/mol. The van der Waals surface area contributed by atoms with E-state index in [0.29, 0.717) is 0 Å². The number of rotatable bonds is 8. The summed E-state index contributed by atoms with van der Waals surface area (Å²) in [6.45, 7) is 5.84. The first-order valence-electron chi connectivity index (χ1n) is 7.30. The molecule has 5 heteroatoms. The molecule has 0 fully saturated rings. The van der Waals surface area contributed by atoms with Gasteiger partial charge in [-0.1, -0.05) is 23.7 Å². The molecule has 2 aromatic rings. The average molecular weight is 311 g/mol. The molecule has 0 aliphatic heterocycles. The van der Waals surface area contributed by atoms with E-state index in [9.17, 15) is 0 Å². The van der Waals surface area contributed by atoms with E-state index in [2.05, 4.69) is 10.6 Å². The number of hydrogen-bond acceptors (Lipinski definition) is 2. The zero-order valence-electron chi connectivity index (χ0n) is 12.3. The van der Waals surface area contributed by atoms with Gasteiger partial charge in [0.15, 0.2) is 5.76 Å². The Morgan fingerprint density at radius 2 is 1.90 bits per heavy atom. The van der Waals surface area contributed by atoms with Gasteiger partial charge in [-0.15, -0.1) is 0 Å². The molecule has 0 amide bonds. The lowest BCUT2D eigenvalue weighted by molar-refractivity contribution is -0.732. The van der Waals surface area contributed by atoms with Crippen molar-refractivity contribution in [3.8, 4) is 11.3 Å². The third kappa shape index (κ3) is 4.58. The Morgan fingerprint density at radius 1 is 1.10 bits per heavy atom. The van der Waals surface area contributed by atoms with Crippen molar-refractivity contribution in [1.82, 2.24) is 0 Å². The van der Waals surface area contributed by atoms with Crippen LogP contribution in [0.2, 0.25) is 5.02 Å². The van der Waals surface area contributed by atoms with E-state index >= 15 is 0 Å². The summed E-state index contributed by atoms with van der Waals surface area (Å²) in [5, 5.41) is 13.8. The van der Waals surface area contributed by atoms with Gasteiger partial charge < -0.3 is 20.2 Å². The molecule has 0 aliphatic rings. The van der Waals surface area contributed by atoms with Crippen molar-refractivity contribution in [3.05, 3.63) is 46.7 Å². The molecule has 0 atom stereocenters. The molecule has 0 unspecified atom stereocenters. The fourth-order valence-electron chi connectivity index (χ4n) is 2.22. The van der Waals surface area contributed by atoms with Gasteiger partial charge in [-0.05, 0) is 30.7 Å². The van der Waals surface area contributed by atoms with Crippen molar-refractivity contribution in [1.29, 1.82) is 0 Å². The van der Waals surface area contributed by atoms with Crippen LogP contribution in [0.5, 0.6) is 0 Å². The molecule has 0 saturated carbocycles. The minimum absolute atomic E-state index is 0.237. The lowest BCUT2D eigenvalue weighted by Gasteiger charge is -2.04. The third-order valence-corrected chi connectivity index (χ3v) is 3.86. The van der Waals surface area contributed by atoms with Crippen molar-refractivity contribution >= 4 is 11.6 Å². The highest BCUT2D eigenvalue weighted by atomic mass is 35.5. The van der Waals surface area contributed by atoms with Crippen LogP contribution < -0.4 is 10.6 Å². The maximum absolute atomic E-state index is 8.69. The van der Waals surface area contributed by atoms with E-state index in [1.807, 2.05) is 37.3 Å². The van der Waals surface area contributed by atoms with Gasteiger partial charge in [0.05, 0.1) is 13.2 Å². The van der Waals surface area contributed by atoms with Gasteiger partial charge in [0.25, 0.3) is 0 Å². The smallest absolute Gasteiger partial charge is 0.158 e. The van der Waals surface area contributed by atoms with E-state index in [0.717, 1.165) is 53.8 Å². The summed E-state index contributed by atoms with van der Waals surface area (Å²) in [7, 11) is 0. The summed E-state index contributed by atoms with van der Waals surface area (Å²) in [4.78, 5) is 0. The number of nitrogens with two attached hydrogens (primary N) is 2. The number of aliphatic hydroxyl groups excluding tert-OH is 1. The number of aliphatic hydroxyl groups is 1. The summed E-state index contributed by atoms with van der Waals surface area (Å²) in [6, 6.07) is 9.87. The van der Waals surface area contributed by atoms with Gasteiger partial charge in [-0.2, -0.15) is 0 Å². The Bertz CT molecular complexity index is 569. The molecule has 0 spiro atoms. The highest BCUT2D eigenvalue weighted by Gasteiger charge is 2.10. The lowest BCUT2D eigenvalue weighted by Crippen LogP contribution is -2.94. The topological polar surface area (TPSA) is 66.6 Å². The maximum atomic E-state index is 8.69. The fourth-order valence-corrected chi connectivity index (χ4v) is 2.40. The number of furan rings is 1. The number of benzene rings is 1. The Hall–Kier alpha value is -1.33. The Morgan fingerprint density at radius 3 is 2.71 bits per heavy atom. The van der Waals surface area contributed by atoms with Gasteiger partial charge in [0, 0.05) is 10.6 Å². The Kier molecular flexibility index (Phi) is 6.26. The molecule has 1 heterocycles. The fraction of sp³-hybridized carbons (Fsp3) is 0.375. The lowest BCUT2D eigenvalue weighted by atomic mass is 10.1. The molecule has 0 bridgehead atoms. The first kappa shape index (κ1) is 16.0.